The average Bonchev–Trinajstić information content (AvgIpc) is 0. The van der Waals surface area contributed by atoms with E-state index in [1.54, 1.807) is 0 Å². The monoisotopic (exact) mass is 199 g/mol. The molecule has 0 atom stereocenters. The molecule has 0 aromatic carbocycles. The van der Waals surface area contributed by atoms with Crippen LogP contribution in [0.25, 0.3) is 0 Å². The second-order valence-electron chi connectivity index (χ2n) is 0. The molecule has 26 valence electrons. The van der Waals surface area contributed by atoms with Crippen LogP contribution in [0.2, 0.25) is 0 Å². The Morgan fingerprint density at radius 2 is 0.500 bits per heavy atom. The summed E-state index contributed by atoms with van der Waals surface area (Å²) >= 11 is 0. The molecular weight excluding hydrogens is 199 g/mol. The minimum Gasteiger partial charge on any atom is -3.00 e. The molecule has 0 aromatic heterocycles. The van der Waals surface area contributed by atoms with Gasteiger partial charge in [0.25, 0.3) is 0 Å². The summed E-state index contributed by atoms with van der Waals surface area (Å²) in [5.74, 6) is 0. The Morgan fingerprint density at radius 3 is 0.500 bits per heavy atom. The Hall–Kier alpha value is 1.99. The van der Waals surface area contributed by atoms with Crippen molar-refractivity contribution in [3.8, 4) is 0 Å². The van der Waals surface area contributed by atoms with E-state index in [-0.39, 0.29) is 61.1 Å². The summed E-state index contributed by atoms with van der Waals surface area (Å²) in [5.41, 5.74) is 0. The molecule has 0 aromatic rings. The molecule has 0 saturated heterocycles. The molecule has 0 aliphatic carbocycles. The maximum absolute atomic E-state index is 0. The van der Waals surface area contributed by atoms with E-state index >= 15 is 0 Å². The largest absolute Gasteiger partial charge is 3.00 e. The van der Waals surface area contributed by atoms with Gasteiger partial charge >= 0.3 is 51.2 Å². The summed E-state index contributed by atoms with van der Waals surface area (Å²) in [5, 5.41) is 0. The Morgan fingerprint density at radius 1 is 0.500 bits per heavy atom. The topological polar surface area (TPSA) is 0 Å². The summed E-state index contributed by atoms with van der Waals surface area (Å²) in [4.78, 5) is 0. The van der Waals surface area contributed by atoms with Crippen molar-refractivity contribution in [3.05, 3.63) is 0 Å². The Kier molecular flexibility index (Phi) is 189. The van der Waals surface area contributed by atoms with Crippen molar-refractivity contribution in [3.63, 3.8) is 0 Å². The van der Waals surface area contributed by atoms with Crippen LogP contribution in [0.5, 0.6) is 0 Å². The second-order valence-corrected chi connectivity index (χ2v) is 0. The predicted octanol–water partition coefficient (Wildman–Crippen LogP) is 0.854. The molecule has 0 unspecified atom stereocenters. The second kappa shape index (κ2) is 20.1. The maximum Gasteiger partial charge on any atom is 2.00 e. The van der Waals surface area contributed by atoms with Gasteiger partial charge in [-0.3, -0.25) is 0 Å². The molecule has 0 heterocycles. The molecule has 0 aliphatic heterocycles. The molecule has 4 heteroatoms. The van der Waals surface area contributed by atoms with Crippen LogP contribution in [0.15, 0.2) is 0 Å². The van der Waals surface area contributed by atoms with Gasteiger partial charge in [-0.2, -0.15) is 0 Å². The minimum absolute atomic E-state index is 0. The molecule has 0 nitrogen and oxygen atoms in total. The number of hydrogen-bond donors (Lipinski definition) is 0. The van der Waals surface area contributed by atoms with Crippen molar-refractivity contribution in [1.82, 2.24) is 0 Å². The predicted molar refractivity (Wildman–Crippen MR) is 6.92 cm³/mol. The van der Waals surface area contributed by atoms with Crippen LogP contribution in [-0.2, 0) is 51.2 Å². The summed E-state index contributed by atoms with van der Waals surface area (Å²) in [6.45, 7) is 0. The van der Waals surface area contributed by atoms with Gasteiger partial charge in [0.1, 0.15) is 0 Å². The molecule has 0 rings (SSSR count). The summed E-state index contributed by atoms with van der Waals surface area (Å²) in [7, 11) is 0. The standard InChI is InChI=1S/3Fe.P/q3*+2;-3. The van der Waals surface area contributed by atoms with Gasteiger partial charge in [0.05, 0.1) is 0 Å². The van der Waals surface area contributed by atoms with E-state index in [2.05, 4.69) is 0 Å². The molecule has 0 amide bonds. The van der Waals surface area contributed by atoms with E-state index in [1.165, 1.54) is 0 Å². The van der Waals surface area contributed by atoms with Gasteiger partial charge in [0.2, 0.25) is 0 Å². The maximum atomic E-state index is 0. The van der Waals surface area contributed by atoms with Crippen molar-refractivity contribution in [2.45, 2.75) is 0 Å². The minimum atomic E-state index is 0. The molecule has 0 fully saturated rings. The van der Waals surface area contributed by atoms with Gasteiger partial charge < -0.3 is 9.90 Å². The van der Waals surface area contributed by atoms with Crippen molar-refractivity contribution in [1.29, 1.82) is 0 Å². The zero-order chi connectivity index (χ0) is 0. The van der Waals surface area contributed by atoms with Gasteiger partial charge in [0.15, 0.2) is 0 Å². The zero-order valence-corrected chi connectivity index (χ0v) is 5.71. The van der Waals surface area contributed by atoms with Gasteiger partial charge in [-0.05, 0) is 0 Å². The molecule has 0 spiro atoms. The quantitative estimate of drug-likeness (QED) is 0.400. The van der Waals surface area contributed by atoms with Gasteiger partial charge in [-0.15, -0.1) is 0 Å². The van der Waals surface area contributed by atoms with E-state index < -0.39 is 0 Å². The molecular formula is Fe3P+3. The SMILES string of the molecule is [Fe+2].[Fe+2].[Fe+2].[P-3]. The Balaban J connectivity index is 0. The van der Waals surface area contributed by atoms with Crippen LogP contribution in [0.3, 0.4) is 0 Å². The van der Waals surface area contributed by atoms with Gasteiger partial charge in [0, 0.05) is 0 Å². The first-order chi connectivity index (χ1) is 0. The Labute approximate surface area is 60.9 Å². The van der Waals surface area contributed by atoms with E-state index in [0.29, 0.717) is 0 Å². The third kappa shape index (κ3) is 9.01. The van der Waals surface area contributed by atoms with E-state index in [4.69, 9.17) is 0 Å². The molecule has 4 heavy (non-hydrogen) atoms. The summed E-state index contributed by atoms with van der Waals surface area (Å²) in [6, 6.07) is 0. The van der Waals surface area contributed by atoms with Crippen LogP contribution in [0.4, 0.5) is 0 Å². The van der Waals surface area contributed by atoms with Gasteiger partial charge in [-0.1, -0.05) is 0 Å². The van der Waals surface area contributed by atoms with E-state index in [0.717, 1.165) is 0 Å². The van der Waals surface area contributed by atoms with E-state index in [1.807, 2.05) is 0 Å². The van der Waals surface area contributed by atoms with Crippen LogP contribution in [0.1, 0.15) is 0 Å². The average molecular weight is 199 g/mol. The first-order valence-corrected chi connectivity index (χ1v) is 0. The summed E-state index contributed by atoms with van der Waals surface area (Å²) < 4.78 is 0. The van der Waals surface area contributed by atoms with Crippen LogP contribution in [-0.4, -0.2) is 0 Å². The third-order valence-corrected chi connectivity index (χ3v) is 0. The van der Waals surface area contributed by atoms with Crippen LogP contribution < -0.4 is 0 Å². The van der Waals surface area contributed by atoms with Gasteiger partial charge in [-0.25, -0.2) is 0 Å². The fraction of sp³-hybridized carbons (Fsp3) is 0. The van der Waals surface area contributed by atoms with Crippen molar-refractivity contribution < 1.29 is 51.2 Å². The third-order valence-electron chi connectivity index (χ3n) is 0. The fourth-order valence-electron chi connectivity index (χ4n) is 0. The zero-order valence-electron chi connectivity index (χ0n) is 1.51. The normalized spacial score (nSPS) is 0. The molecule has 0 saturated carbocycles. The van der Waals surface area contributed by atoms with Crippen molar-refractivity contribution in [2.75, 3.05) is 0 Å². The van der Waals surface area contributed by atoms with Crippen LogP contribution >= 0.6 is 9.90 Å². The fourth-order valence-corrected chi connectivity index (χ4v) is 0. The first-order valence-electron chi connectivity index (χ1n) is 0. The smallest absolute Gasteiger partial charge is 2.00 e. The molecule has 0 N–H and O–H groups in total. The molecule has 0 aliphatic rings. The number of hydrogen-bond acceptors (Lipinski definition) is 0. The van der Waals surface area contributed by atoms with E-state index in [9.17, 15) is 0 Å². The number of rotatable bonds is 0. The Bertz CT molecular complexity index is 3.25. The van der Waals surface area contributed by atoms with Crippen molar-refractivity contribution >= 4 is 9.90 Å². The molecule has 0 radical (unpaired) electrons. The molecule has 0 bridgehead atoms. The first kappa shape index (κ1) is 37.7. The summed E-state index contributed by atoms with van der Waals surface area (Å²) in [6.07, 6.45) is 0. The van der Waals surface area contributed by atoms with Crippen molar-refractivity contribution in [2.24, 2.45) is 0 Å². The van der Waals surface area contributed by atoms with Crippen LogP contribution in [0, 0.1) is 0 Å².